The number of hydrogen-bond acceptors (Lipinski definition) is 6. The number of amides is 1. The van der Waals surface area contributed by atoms with Crippen LogP contribution in [0.3, 0.4) is 0 Å². The van der Waals surface area contributed by atoms with E-state index in [1.54, 1.807) is 16.2 Å². The van der Waals surface area contributed by atoms with Crippen LogP contribution in [-0.2, 0) is 9.53 Å². The van der Waals surface area contributed by atoms with Gasteiger partial charge in [0.1, 0.15) is 6.54 Å². The maximum Gasteiger partial charge on any atom is 0.244 e. The summed E-state index contributed by atoms with van der Waals surface area (Å²) in [5, 5.41) is 3.03. The lowest BCUT2D eigenvalue weighted by atomic mass is 10.3. The van der Waals surface area contributed by atoms with Gasteiger partial charge >= 0.3 is 0 Å². The fraction of sp³-hybridized carbons (Fsp3) is 0.643. The molecule has 2 aliphatic heterocycles. The van der Waals surface area contributed by atoms with E-state index in [4.69, 9.17) is 10.5 Å². The van der Waals surface area contributed by atoms with Gasteiger partial charge in [-0.2, -0.15) is 0 Å². The van der Waals surface area contributed by atoms with Crippen molar-refractivity contribution >= 4 is 52.3 Å². The quantitative estimate of drug-likeness (QED) is 0.385. The number of piperazine rings is 1. The van der Waals surface area contributed by atoms with Crippen LogP contribution in [0.5, 0.6) is 0 Å². The third-order valence-corrected chi connectivity index (χ3v) is 4.87. The molecule has 24 heavy (non-hydrogen) atoms. The molecule has 0 unspecified atom stereocenters. The first-order valence-corrected chi connectivity index (χ1v) is 8.67. The highest BCUT2D eigenvalue weighted by Crippen LogP contribution is 2.18. The largest absolute Gasteiger partial charge is 0.378 e. The van der Waals surface area contributed by atoms with Gasteiger partial charge in [-0.3, -0.25) is 4.79 Å². The molecule has 1 aromatic heterocycles. The van der Waals surface area contributed by atoms with E-state index in [1.165, 1.54) is 0 Å². The average Bonchev–Trinajstić information content (AvgIpc) is 3.15. The molecule has 0 aliphatic carbocycles. The summed E-state index contributed by atoms with van der Waals surface area (Å²) < 4.78 is 5.24. The Hall–Kier alpha value is -1.14. The van der Waals surface area contributed by atoms with Crippen molar-refractivity contribution in [3.8, 4) is 0 Å². The van der Waals surface area contributed by atoms with Crippen molar-refractivity contribution in [1.82, 2.24) is 14.8 Å². The number of nitrogens with zero attached hydrogens (tertiary/aromatic N) is 5. The van der Waals surface area contributed by atoms with Crippen molar-refractivity contribution in [3.63, 3.8) is 0 Å². The van der Waals surface area contributed by atoms with Gasteiger partial charge in [-0.25, -0.2) is 9.98 Å². The summed E-state index contributed by atoms with van der Waals surface area (Å²) in [4.78, 5) is 26.7. The molecule has 0 spiro atoms. The maximum atomic E-state index is 12.1. The van der Waals surface area contributed by atoms with Crippen molar-refractivity contribution in [2.45, 2.75) is 0 Å². The molecule has 2 saturated heterocycles. The lowest BCUT2D eigenvalue weighted by molar-refractivity contribution is -0.133. The number of morpholine rings is 1. The number of anilines is 1. The molecule has 0 saturated carbocycles. The van der Waals surface area contributed by atoms with Crippen LogP contribution in [0.1, 0.15) is 0 Å². The highest BCUT2D eigenvalue weighted by Gasteiger charge is 2.21. The number of thiazole rings is 1. The zero-order chi connectivity index (χ0) is 16.1. The Morgan fingerprint density at radius 1 is 1.21 bits per heavy atom. The standard InChI is InChI=1S/C14H22N6O2S.HI/c15-13(17-11-12(21)18-6-8-22-9-7-18)19-2-4-20(5-3-19)14-16-1-10-23-14;/h1,10H,2-9,11H2,(H2,15,17);1H. The minimum absolute atomic E-state index is 0. The first-order chi connectivity index (χ1) is 11.2. The van der Waals surface area contributed by atoms with Crippen molar-refractivity contribution in [2.24, 2.45) is 10.7 Å². The Bertz CT molecular complexity index is 541. The van der Waals surface area contributed by atoms with Crippen LogP contribution in [-0.4, -0.2) is 85.7 Å². The lowest BCUT2D eigenvalue weighted by Crippen LogP contribution is -2.51. The normalized spacial score (nSPS) is 19.2. The molecular weight excluding hydrogens is 443 g/mol. The zero-order valence-corrected chi connectivity index (χ0v) is 16.6. The third kappa shape index (κ3) is 4.93. The van der Waals surface area contributed by atoms with Crippen molar-refractivity contribution < 1.29 is 9.53 Å². The van der Waals surface area contributed by atoms with Gasteiger partial charge in [0.25, 0.3) is 0 Å². The molecule has 2 N–H and O–H groups in total. The van der Waals surface area contributed by atoms with Crippen LogP contribution in [0.4, 0.5) is 5.13 Å². The summed E-state index contributed by atoms with van der Waals surface area (Å²) in [5.41, 5.74) is 6.04. The average molecular weight is 466 g/mol. The number of carbonyl (C=O) groups is 1. The van der Waals surface area contributed by atoms with E-state index in [2.05, 4.69) is 14.9 Å². The first kappa shape index (κ1) is 19.2. The summed E-state index contributed by atoms with van der Waals surface area (Å²) in [7, 11) is 0. The second-order valence-corrected chi connectivity index (χ2v) is 6.33. The van der Waals surface area contributed by atoms with E-state index in [9.17, 15) is 4.79 Å². The second kappa shape index (κ2) is 9.37. The van der Waals surface area contributed by atoms with Gasteiger partial charge in [0, 0.05) is 50.8 Å². The van der Waals surface area contributed by atoms with E-state index in [1.807, 2.05) is 16.5 Å². The van der Waals surface area contributed by atoms with Crippen LogP contribution in [0, 0.1) is 0 Å². The molecule has 3 rings (SSSR count). The van der Waals surface area contributed by atoms with Gasteiger partial charge in [-0.05, 0) is 0 Å². The van der Waals surface area contributed by atoms with Gasteiger partial charge < -0.3 is 25.2 Å². The number of hydrogen-bond donors (Lipinski definition) is 1. The van der Waals surface area contributed by atoms with E-state index in [0.717, 1.165) is 31.3 Å². The predicted octanol–water partition coefficient (Wildman–Crippen LogP) is 0.0566. The molecule has 3 heterocycles. The topological polar surface area (TPSA) is 87.3 Å². The van der Waals surface area contributed by atoms with E-state index >= 15 is 0 Å². The number of halogens is 1. The fourth-order valence-corrected chi connectivity index (χ4v) is 3.36. The monoisotopic (exact) mass is 466 g/mol. The van der Waals surface area contributed by atoms with E-state index in [-0.39, 0.29) is 36.4 Å². The molecule has 0 radical (unpaired) electrons. The molecule has 1 aromatic rings. The highest BCUT2D eigenvalue weighted by atomic mass is 127. The van der Waals surface area contributed by atoms with E-state index in [0.29, 0.717) is 32.3 Å². The summed E-state index contributed by atoms with van der Waals surface area (Å²) in [6.45, 7) is 5.90. The Morgan fingerprint density at radius 2 is 1.92 bits per heavy atom. The molecular formula is C14H23IN6O2S. The molecule has 10 heteroatoms. The Morgan fingerprint density at radius 3 is 2.54 bits per heavy atom. The number of rotatable bonds is 3. The second-order valence-electron chi connectivity index (χ2n) is 5.46. The minimum Gasteiger partial charge on any atom is -0.378 e. The zero-order valence-electron chi connectivity index (χ0n) is 13.5. The van der Waals surface area contributed by atoms with Crippen LogP contribution >= 0.6 is 35.3 Å². The van der Waals surface area contributed by atoms with Crippen LogP contribution in [0.15, 0.2) is 16.6 Å². The molecule has 1 amide bonds. The van der Waals surface area contributed by atoms with Gasteiger partial charge in [0.2, 0.25) is 5.91 Å². The smallest absolute Gasteiger partial charge is 0.244 e. The Kier molecular flexibility index (Phi) is 7.49. The van der Waals surface area contributed by atoms with Crippen molar-refractivity contribution in [3.05, 3.63) is 11.6 Å². The molecule has 0 atom stereocenters. The SMILES string of the molecule is I.NC(=NCC(=O)N1CCOCC1)N1CCN(c2nccs2)CC1. The van der Waals surface area contributed by atoms with Gasteiger partial charge in [0.05, 0.1) is 13.2 Å². The maximum absolute atomic E-state index is 12.1. The predicted molar refractivity (Wildman–Crippen MR) is 105 cm³/mol. The van der Waals surface area contributed by atoms with Crippen molar-refractivity contribution in [1.29, 1.82) is 0 Å². The van der Waals surface area contributed by atoms with Crippen LogP contribution < -0.4 is 10.6 Å². The molecule has 2 aliphatic rings. The Balaban J connectivity index is 0.00000208. The van der Waals surface area contributed by atoms with Gasteiger partial charge in [-0.15, -0.1) is 35.3 Å². The number of aliphatic imine (C=N–C) groups is 1. The fourth-order valence-electron chi connectivity index (χ4n) is 2.66. The molecule has 0 bridgehead atoms. The first-order valence-electron chi connectivity index (χ1n) is 7.79. The number of nitrogens with two attached hydrogens (primary N) is 1. The van der Waals surface area contributed by atoms with Gasteiger partial charge in [0.15, 0.2) is 11.1 Å². The molecule has 8 nitrogen and oxygen atoms in total. The summed E-state index contributed by atoms with van der Waals surface area (Å²) in [6.07, 6.45) is 1.82. The number of aromatic nitrogens is 1. The third-order valence-electron chi connectivity index (χ3n) is 4.03. The lowest BCUT2D eigenvalue weighted by Gasteiger charge is -2.35. The number of ether oxygens (including phenoxy) is 1. The van der Waals surface area contributed by atoms with E-state index < -0.39 is 0 Å². The number of carbonyl (C=O) groups excluding carboxylic acids is 1. The van der Waals surface area contributed by atoms with Crippen molar-refractivity contribution in [2.75, 3.05) is 63.9 Å². The van der Waals surface area contributed by atoms with Crippen LogP contribution in [0.25, 0.3) is 0 Å². The Labute approximate surface area is 162 Å². The molecule has 134 valence electrons. The summed E-state index contributed by atoms with van der Waals surface area (Å²) >= 11 is 1.64. The minimum atomic E-state index is 0. The summed E-state index contributed by atoms with van der Waals surface area (Å²) in [5.74, 6) is 0.461. The molecule has 0 aromatic carbocycles. The highest BCUT2D eigenvalue weighted by molar-refractivity contribution is 14.0. The summed E-state index contributed by atoms with van der Waals surface area (Å²) in [6, 6.07) is 0. The van der Waals surface area contributed by atoms with Crippen LogP contribution in [0.2, 0.25) is 0 Å². The number of guanidine groups is 1. The molecule has 2 fully saturated rings. The van der Waals surface area contributed by atoms with Gasteiger partial charge in [-0.1, -0.05) is 0 Å².